The lowest BCUT2D eigenvalue weighted by Crippen LogP contribution is -2.13. The molecule has 11 aromatic carbocycles. The number of para-hydroxylation sites is 2. The molecule has 1 aliphatic carbocycles. The number of hydrogen-bond acceptors (Lipinski definition) is 2. The van der Waals surface area contributed by atoms with E-state index in [1.165, 1.54) is 87.6 Å². The minimum atomic E-state index is -0.0381. The maximum atomic E-state index is 14.3. The van der Waals surface area contributed by atoms with E-state index in [-0.39, 0.29) is 5.56 Å². The molecule has 3 nitrogen and oxygen atoms in total. The molecule has 0 atom stereocenters. The fourth-order valence-corrected chi connectivity index (χ4v) is 11.1. The first-order valence-corrected chi connectivity index (χ1v) is 20.9. The van der Waals surface area contributed by atoms with E-state index in [9.17, 15) is 4.79 Å². The maximum absolute atomic E-state index is 14.3. The van der Waals surface area contributed by atoms with Crippen molar-refractivity contribution in [1.29, 1.82) is 0 Å². The molecule has 61 heavy (non-hydrogen) atoms. The van der Waals surface area contributed by atoms with Gasteiger partial charge in [0.2, 0.25) is 0 Å². The highest BCUT2D eigenvalue weighted by Crippen LogP contribution is 2.60. The minimum Gasteiger partial charge on any atom is -0.268 e. The van der Waals surface area contributed by atoms with Gasteiger partial charge in [0, 0.05) is 16.2 Å². The molecule has 3 heteroatoms. The van der Waals surface area contributed by atoms with Crippen molar-refractivity contribution >= 4 is 81.3 Å². The third kappa shape index (κ3) is 4.22. The Balaban J connectivity index is 1.15. The Labute approximate surface area is 349 Å². The van der Waals surface area contributed by atoms with Gasteiger partial charge in [-0.25, -0.2) is 4.98 Å². The second-order valence-electron chi connectivity index (χ2n) is 16.4. The second kappa shape index (κ2) is 12.0. The van der Waals surface area contributed by atoms with Crippen LogP contribution in [0.5, 0.6) is 0 Å². The molecule has 0 spiro atoms. The lowest BCUT2D eigenvalue weighted by Gasteiger charge is -2.23. The molecule has 2 heterocycles. The maximum Gasteiger partial charge on any atom is 0.264 e. The van der Waals surface area contributed by atoms with Crippen LogP contribution in [0.15, 0.2) is 199 Å². The molecule has 280 valence electrons. The number of nitrogens with zero attached hydrogens (tertiary/aromatic N) is 2. The molecule has 0 saturated carbocycles. The third-order valence-corrected chi connectivity index (χ3v) is 13.5. The molecule has 0 N–H and O–H groups in total. The second-order valence-corrected chi connectivity index (χ2v) is 16.4. The summed E-state index contributed by atoms with van der Waals surface area (Å²) in [4.78, 5) is 19.3. The van der Waals surface area contributed by atoms with E-state index >= 15 is 0 Å². The van der Waals surface area contributed by atoms with Crippen molar-refractivity contribution in [1.82, 2.24) is 9.38 Å². The van der Waals surface area contributed by atoms with Gasteiger partial charge in [-0.15, -0.1) is 0 Å². The lowest BCUT2D eigenvalue weighted by atomic mass is 9.79. The number of imidazole rings is 1. The molecule has 0 amide bonds. The smallest absolute Gasteiger partial charge is 0.264 e. The average Bonchev–Trinajstić information content (AvgIpc) is 3.88. The molecule has 0 radical (unpaired) electrons. The van der Waals surface area contributed by atoms with Crippen molar-refractivity contribution in [2.45, 2.75) is 0 Å². The molecule has 1 aliphatic rings. The van der Waals surface area contributed by atoms with Gasteiger partial charge >= 0.3 is 0 Å². The molecule has 14 rings (SSSR count). The summed E-state index contributed by atoms with van der Waals surface area (Å²) in [6.45, 7) is 0. The summed E-state index contributed by atoms with van der Waals surface area (Å²) in [6.07, 6.45) is 0. The highest BCUT2D eigenvalue weighted by Gasteiger charge is 2.33. The first kappa shape index (κ1) is 32.8. The van der Waals surface area contributed by atoms with E-state index in [0.717, 1.165) is 38.3 Å². The standard InChI is InChI=1S/C58H32N2O/c61-58-46-26-14-24-40-38(30-32-45(52(40)46)57-59-47-27-11-12-28-48(47)60(57)58)37-29-31-44-51-39(37)23-13-25-43(51)55-49(33-15-3-1-4-16-33)53-41-21-9-7-19-35(41)36-20-8-10-22-42(36)54(53)50(56(44)55)34-17-5-2-6-18-34/h1-32H. The SMILES string of the molecule is O=c1c2cccc3c(-c4ccc5c6c(cccc46)-c4c-5c(-c5ccccc5)c5c6ccccc6c6ccccc6c5c4-c4ccccc4)ccc(c32)c2nc3ccccc3n12. The van der Waals surface area contributed by atoms with E-state index in [0.29, 0.717) is 11.0 Å². The number of aromatic nitrogens is 2. The number of fused-ring (bicyclic) bond motifs is 13. The first-order chi connectivity index (χ1) is 30.2. The van der Waals surface area contributed by atoms with Crippen molar-refractivity contribution in [3.8, 4) is 55.6 Å². The molecular weight excluding hydrogens is 741 g/mol. The van der Waals surface area contributed by atoms with Gasteiger partial charge in [-0.05, 0) is 128 Å². The van der Waals surface area contributed by atoms with Gasteiger partial charge < -0.3 is 0 Å². The van der Waals surface area contributed by atoms with E-state index in [2.05, 4.69) is 158 Å². The van der Waals surface area contributed by atoms with Crippen LogP contribution in [0.25, 0.3) is 137 Å². The number of rotatable bonds is 3. The quantitative estimate of drug-likeness (QED) is 0.168. The van der Waals surface area contributed by atoms with Crippen LogP contribution in [0.1, 0.15) is 0 Å². The summed E-state index contributed by atoms with van der Waals surface area (Å²) in [5.41, 5.74) is 14.5. The first-order valence-electron chi connectivity index (χ1n) is 20.9. The zero-order valence-electron chi connectivity index (χ0n) is 32.8. The van der Waals surface area contributed by atoms with Crippen LogP contribution in [0.3, 0.4) is 0 Å². The van der Waals surface area contributed by atoms with Gasteiger partial charge in [-0.3, -0.25) is 9.20 Å². The Hall–Kier alpha value is -8.14. The number of hydrogen-bond donors (Lipinski definition) is 0. The summed E-state index contributed by atoms with van der Waals surface area (Å²) in [6, 6.07) is 69.9. The number of benzene rings is 11. The summed E-state index contributed by atoms with van der Waals surface area (Å²) in [7, 11) is 0. The van der Waals surface area contributed by atoms with E-state index in [4.69, 9.17) is 4.98 Å². The van der Waals surface area contributed by atoms with Crippen LogP contribution in [0.4, 0.5) is 0 Å². The molecule has 0 bridgehead atoms. The van der Waals surface area contributed by atoms with Crippen molar-refractivity contribution < 1.29 is 0 Å². The molecule has 0 unspecified atom stereocenters. The normalized spacial score (nSPS) is 12.3. The van der Waals surface area contributed by atoms with Gasteiger partial charge in [0.05, 0.1) is 11.0 Å². The van der Waals surface area contributed by atoms with Gasteiger partial charge in [0.15, 0.2) is 0 Å². The average molecular weight is 773 g/mol. The Morgan fingerprint density at radius 2 is 0.787 bits per heavy atom. The summed E-state index contributed by atoms with van der Waals surface area (Å²) in [5, 5.41) is 13.7. The van der Waals surface area contributed by atoms with Gasteiger partial charge in [-0.1, -0.05) is 170 Å². The Morgan fingerprint density at radius 3 is 1.44 bits per heavy atom. The molecule has 13 aromatic rings. The largest absolute Gasteiger partial charge is 0.268 e. The Kier molecular flexibility index (Phi) is 6.43. The van der Waals surface area contributed by atoms with Gasteiger partial charge in [0.1, 0.15) is 5.65 Å². The predicted molar refractivity (Wildman–Crippen MR) is 256 cm³/mol. The van der Waals surface area contributed by atoms with Crippen LogP contribution in [-0.4, -0.2) is 9.38 Å². The van der Waals surface area contributed by atoms with E-state index < -0.39 is 0 Å². The zero-order valence-corrected chi connectivity index (χ0v) is 32.8. The van der Waals surface area contributed by atoms with Crippen LogP contribution in [0.2, 0.25) is 0 Å². The molecule has 0 saturated heterocycles. The van der Waals surface area contributed by atoms with E-state index in [1.807, 2.05) is 36.4 Å². The summed E-state index contributed by atoms with van der Waals surface area (Å²) in [5.74, 6) is 0. The topological polar surface area (TPSA) is 34.4 Å². The van der Waals surface area contributed by atoms with Crippen molar-refractivity contribution in [2.75, 3.05) is 0 Å². The van der Waals surface area contributed by atoms with Crippen molar-refractivity contribution in [3.05, 3.63) is 204 Å². The van der Waals surface area contributed by atoms with Crippen molar-refractivity contribution in [3.63, 3.8) is 0 Å². The van der Waals surface area contributed by atoms with Crippen LogP contribution < -0.4 is 5.56 Å². The summed E-state index contributed by atoms with van der Waals surface area (Å²) < 4.78 is 1.79. The van der Waals surface area contributed by atoms with E-state index in [1.54, 1.807) is 4.40 Å². The molecular formula is C58H32N2O. The fraction of sp³-hybridized carbons (Fsp3) is 0. The summed E-state index contributed by atoms with van der Waals surface area (Å²) >= 11 is 0. The monoisotopic (exact) mass is 772 g/mol. The van der Waals surface area contributed by atoms with Gasteiger partial charge in [-0.2, -0.15) is 0 Å². The number of pyridine rings is 1. The Morgan fingerprint density at radius 1 is 0.311 bits per heavy atom. The highest BCUT2D eigenvalue weighted by molar-refractivity contribution is 6.38. The van der Waals surface area contributed by atoms with Crippen LogP contribution >= 0.6 is 0 Å². The molecule has 2 aromatic heterocycles. The van der Waals surface area contributed by atoms with Gasteiger partial charge in [0.25, 0.3) is 5.56 Å². The highest BCUT2D eigenvalue weighted by atomic mass is 16.1. The Bertz CT molecular complexity index is 3980. The molecule has 0 fully saturated rings. The molecule has 0 aliphatic heterocycles. The fourth-order valence-electron chi connectivity index (χ4n) is 11.1. The van der Waals surface area contributed by atoms with Crippen LogP contribution in [0, 0.1) is 0 Å². The lowest BCUT2D eigenvalue weighted by molar-refractivity contribution is 1.19. The van der Waals surface area contributed by atoms with Crippen LogP contribution in [-0.2, 0) is 0 Å². The predicted octanol–water partition coefficient (Wildman–Crippen LogP) is 14.9. The van der Waals surface area contributed by atoms with Crippen molar-refractivity contribution in [2.24, 2.45) is 0 Å². The third-order valence-electron chi connectivity index (χ3n) is 13.5. The zero-order chi connectivity index (χ0) is 39.9. The minimum absolute atomic E-state index is 0.0381.